The van der Waals surface area contributed by atoms with E-state index in [1.807, 2.05) is 6.20 Å². The first-order chi connectivity index (χ1) is 8.16. The lowest BCUT2D eigenvalue weighted by atomic mass is 9.85. The average Bonchev–Trinajstić information content (AvgIpc) is 2.29. The zero-order valence-corrected chi connectivity index (χ0v) is 11.1. The largest absolute Gasteiger partial charge is 0.309 e. The number of pyridine rings is 1. The number of aromatic nitrogens is 1. The number of rotatable bonds is 3. The molecule has 2 rings (SSSR count). The Morgan fingerprint density at radius 1 is 1.41 bits per heavy atom. The van der Waals surface area contributed by atoms with Crippen LogP contribution in [0.1, 0.15) is 30.5 Å². The van der Waals surface area contributed by atoms with Crippen LogP contribution < -0.4 is 0 Å². The third-order valence-corrected chi connectivity index (χ3v) is 3.36. The van der Waals surface area contributed by atoms with E-state index in [9.17, 15) is 0 Å². The third-order valence-electron chi connectivity index (χ3n) is 3.36. The molecule has 1 atom stereocenters. The molecule has 92 valence electrons. The maximum Gasteiger partial charge on any atom is 0.0664 e. The summed E-state index contributed by atoms with van der Waals surface area (Å²) in [5.41, 5.74) is 3.93. The van der Waals surface area contributed by atoms with Gasteiger partial charge >= 0.3 is 0 Å². The lowest BCUT2D eigenvalue weighted by Gasteiger charge is -2.26. The summed E-state index contributed by atoms with van der Waals surface area (Å²) in [6.07, 6.45) is 8.12. The van der Waals surface area contributed by atoms with Crippen molar-refractivity contribution in [2.24, 2.45) is 5.92 Å². The van der Waals surface area contributed by atoms with Crippen molar-refractivity contribution in [3.05, 3.63) is 35.7 Å². The Hall–Kier alpha value is -1.15. The highest BCUT2D eigenvalue weighted by atomic mass is 15.1. The summed E-state index contributed by atoms with van der Waals surface area (Å²) in [7, 11) is 4.30. The van der Waals surface area contributed by atoms with Crippen LogP contribution in [0.3, 0.4) is 0 Å². The Balaban J connectivity index is 2.24. The predicted molar refractivity (Wildman–Crippen MR) is 72.8 cm³/mol. The van der Waals surface area contributed by atoms with Crippen molar-refractivity contribution >= 4 is 5.57 Å². The summed E-state index contributed by atoms with van der Waals surface area (Å²) in [5, 5.41) is 0. The molecule has 1 aliphatic carbocycles. The van der Waals surface area contributed by atoms with Crippen LogP contribution in [-0.4, -0.2) is 30.5 Å². The zero-order chi connectivity index (χ0) is 12.3. The molecular weight excluding hydrogens is 208 g/mol. The minimum atomic E-state index is 0.646. The van der Waals surface area contributed by atoms with Gasteiger partial charge in [-0.2, -0.15) is 0 Å². The van der Waals surface area contributed by atoms with E-state index in [0.717, 1.165) is 6.54 Å². The molecule has 0 saturated heterocycles. The SMILES string of the molecule is Cc1ccnc(C2=CCCCC2CN(C)C)c1. The molecule has 1 heterocycles. The van der Waals surface area contributed by atoms with Crippen LogP contribution in [0.4, 0.5) is 0 Å². The third kappa shape index (κ3) is 3.16. The molecule has 1 unspecified atom stereocenters. The molecule has 0 aromatic carbocycles. The highest BCUT2D eigenvalue weighted by Gasteiger charge is 2.20. The Kier molecular flexibility index (Phi) is 3.95. The maximum atomic E-state index is 4.53. The van der Waals surface area contributed by atoms with Gasteiger partial charge in [-0.15, -0.1) is 0 Å². The Morgan fingerprint density at radius 2 is 2.24 bits per heavy atom. The smallest absolute Gasteiger partial charge is 0.0664 e. The van der Waals surface area contributed by atoms with Crippen LogP contribution in [0.5, 0.6) is 0 Å². The van der Waals surface area contributed by atoms with E-state index in [0.29, 0.717) is 5.92 Å². The number of hydrogen-bond donors (Lipinski definition) is 0. The quantitative estimate of drug-likeness (QED) is 0.793. The zero-order valence-electron chi connectivity index (χ0n) is 11.1. The molecule has 0 bridgehead atoms. The second-order valence-corrected chi connectivity index (χ2v) is 5.27. The summed E-state index contributed by atoms with van der Waals surface area (Å²) < 4.78 is 0. The Morgan fingerprint density at radius 3 is 2.94 bits per heavy atom. The normalized spacial score (nSPS) is 20.5. The average molecular weight is 230 g/mol. The van der Waals surface area contributed by atoms with Gasteiger partial charge in [-0.05, 0) is 69.5 Å². The van der Waals surface area contributed by atoms with Gasteiger partial charge in [-0.3, -0.25) is 4.98 Å². The fourth-order valence-electron chi connectivity index (χ4n) is 2.58. The van der Waals surface area contributed by atoms with E-state index in [1.165, 1.54) is 36.1 Å². The van der Waals surface area contributed by atoms with Gasteiger partial charge < -0.3 is 4.90 Å². The van der Waals surface area contributed by atoms with Crippen molar-refractivity contribution < 1.29 is 0 Å². The van der Waals surface area contributed by atoms with Gasteiger partial charge in [0.25, 0.3) is 0 Å². The maximum absolute atomic E-state index is 4.53. The van der Waals surface area contributed by atoms with Crippen LogP contribution in [0.25, 0.3) is 5.57 Å². The summed E-state index contributed by atoms with van der Waals surface area (Å²) in [6.45, 7) is 3.26. The molecular formula is C15H22N2. The minimum absolute atomic E-state index is 0.646. The molecule has 0 fully saturated rings. The van der Waals surface area contributed by atoms with Crippen molar-refractivity contribution in [2.75, 3.05) is 20.6 Å². The van der Waals surface area contributed by atoms with Crippen molar-refractivity contribution in [3.63, 3.8) is 0 Å². The molecule has 0 radical (unpaired) electrons. The molecule has 17 heavy (non-hydrogen) atoms. The topological polar surface area (TPSA) is 16.1 Å². The standard InChI is InChI=1S/C15H22N2/c1-12-8-9-16-15(10-12)14-7-5-4-6-13(14)11-17(2)3/h7-10,13H,4-6,11H2,1-3H3. The van der Waals surface area contributed by atoms with Crippen molar-refractivity contribution in [1.82, 2.24) is 9.88 Å². The predicted octanol–water partition coefficient (Wildman–Crippen LogP) is 3.14. The lowest BCUT2D eigenvalue weighted by Crippen LogP contribution is -2.24. The van der Waals surface area contributed by atoms with E-state index in [1.54, 1.807) is 0 Å². The molecule has 0 aliphatic heterocycles. The second-order valence-electron chi connectivity index (χ2n) is 5.27. The first-order valence-electron chi connectivity index (χ1n) is 6.44. The van der Waals surface area contributed by atoms with Crippen molar-refractivity contribution in [3.8, 4) is 0 Å². The van der Waals surface area contributed by atoms with Crippen molar-refractivity contribution in [1.29, 1.82) is 0 Å². The molecule has 2 nitrogen and oxygen atoms in total. The number of hydrogen-bond acceptors (Lipinski definition) is 2. The van der Waals surface area contributed by atoms with Gasteiger partial charge in [0.2, 0.25) is 0 Å². The number of allylic oxidation sites excluding steroid dienone is 1. The fraction of sp³-hybridized carbons (Fsp3) is 0.533. The van der Waals surface area contributed by atoms with Gasteiger partial charge in [-0.1, -0.05) is 6.08 Å². The van der Waals surface area contributed by atoms with E-state index >= 15 is 0 Å². The first-order valence-corrected chi connectivity index (χ1v) is 6.44. The Bertz CT molecular complexity index is 407. The lowest BCUT2D eigenvalue weighted by molar-refractivity contribution is 0.346. The van der Waals surface area contributed by atoms with Crippen LogP contribution in [0.15, 0.2) is 24.4 Å². The van der Waals surface area contributed by atoms with E-state index in [4.69, 9.17) is 0 Å². The van der Waals surface area contributed by atoms with E-state index in [2.05, 4.69) is 49.1 Å². The summed E-state index contributed by atoms with van der Waals surface area (Å²) >= 11 is 0. The molecule has 0 amide bonds. The van der Waals surface area contributed by atoms with E-state index in [-0.39, 0.29) is 0 Å². The first kappa shape index (κ1) is 12.3. The summed E-state index contributed by atoms with van der Waals surface area (Å²) in [6, 6.07) is 4.27. The molecule has 1 aromatic heterocycles. The Labute approximate surface area is 104 Å². The molecule has 0 N–H and O–H groups in total. The minimum Gasteiger partial charge on any atom is -0.309 e. The molecule has 0 spiro atoms. The molecule has 0 saturated carbocycles. The van der Waals surface area contributed by atoms with Crippen LogP contribution in [-0.2, 0) is 0 Å². The van der Waals surface area contributed by atoms with Crippen LogP contribution in [0.2, 0.25) is 0 Å². The van der Waals surface area contributed by atoms with Gasteiger partial charge in [0.1, 0.15) is 0 Å². The van der Waals surface area contributed by atoms with Gasteiger partial charge in [0.05, 0.1) is 5.69 Å². The highest BCUT2D eigenvalue weighted by molar-refractivity contribution is 5.65. The van der Waals surface area contributed by atoms with E-state index < -0.39 is 0 Å². The van der Waals surface area contributed by atoms with Gasteiger partial charge in [0.15, 0.2) is 0 Å². The second kappa shape index (κ2) is 5.46. The van der Waals surface area contributed by atoms with Gasteiger partial charge in [-0.25, -0.2) is 0 Å². The van der Waals surface area contributed by atoms with Gasteiger partial charge in [0, 0.05) is 12.7 Å². The fourth-order valence-corrected chi connectivity index (χ4v) is 2.58. The molecule has 1 aliphatic rings. The molecule has 2 heteroatoms. The van der Waals surface area contributed by atoms with Crippen LogP contribution in [0, 0.1) is 12.8 Å². The monoisotopic (exact) mass is 230 g/mol. The number of aryl methyl sites for hydroxylation is 1. The highest BCUT2D eigenvalue weighted by Crippen LogP contribution is 2.32. The van der Waals surface area contributed by atoms with Crippen molar-refractivity contribution in [2.45, 2.75) is 26.2 Å². The summed E-state index contributed by atoms with van der Waals surface area (Å²) in [5.74, 6) is 0.646. The summed E-state index contributed by atoms with van der Waals surface area (Å²) in [4.78, 5) is 6.81. The number of nitrogens with zero attached hydrogens (tertiary/aromatic N) is 2. The molecule has 1 aromatic rings. The van der Waals surface area contributed by atoms with Crippen LogP contribution >= 0.6 is 0 Å².